The number of halogens is 1. The van der Waals surface area contributed by atoms with E-state index < -0.39 is 0 Å². The summed E-state index contributed by atoms with van der Waals surface area (Å²) < 4.78 is 2.26. The summed E-state index contributed by atoms with van der Waals surface area (Å²) in [6.07, 6.45) is 0.802. The minimum atomic E-state index is -0.213. The molecule has 1 amide bonds. The second-order valence-electron chi connectivity index (χ2n) is 3.80. The maximum atomic E-state index is 12.0. The summed E-state index contributed by atoms with van der Waals surface area (Å²) in [7, 11) is 1.75. The maximum absolute atomic E-state index is 12.0. The molecular formula is C12H13BrN4O. The molecule has 0 unspecified atom stereocenters. The Bertz CT molecular complexity index is 579. The fraction of sp³-hybridized carbons (Fsp3) is 0.250. The quantitative estimate of drug-likeness (QED) is 0.886. The molecule has 18 heavy (non-hydrogen) atoms. The molecule has 0 spiro atoms. The van der Waals surface area contributed by atoms with Crippen molar-refractivity contribution in [3.63, 3.8) is 0 Å². The number of nitrogens with one attached hydrogen (secondary N) is 1. The van der Waals surface area contributed by atoms with E-state index in [9.17, 15) is 4.79 Å². The van der Waals surface area contributed by atoms with Gasteiger partial charge in [0.15, 0.2) is 0 Å². The van der Waals surface area contributed by atoms with Gasteiger partial charge in [0.05, 0.1) is 5.69 Å². The van der Waals surface area contributed by atoms with Crippen LogP contribution in [-0.4, -0.2) is 20.7 Å². The molecule has 0 fully saturated rings. The molecular weight excluding hydrogens is 296 g/mol. The highest BCUT2D eigenvalue weighted by molar-refractivity contribution is 9.10. The number of carbonyl (C=O) groups is 1. The van der Waals surface area contributed by atoms with E-state index >= 15 is 0 Å². The van der Waals surface area contributed by atoms with Crippen LogP contribution < -0.4 is 5.32 Å². The highest BCUT2D eigenvalue weighted by Crippen LogP contribution is 2.12. The van der Waals surface area contributed by atoms with E-state index in [-0.39, 0.29) is 5.91 Å². The van der Waals surface area contributed by atoms with Gasteiger partial charge < -0.3 is 5.32 Å². The normalized spacial score (nSPS) is 10.4. The third-order valence-electron chi connectivity index (χ3n) is 2.48. The van der Waals surface area contributed by atoms with E-state index in [1.807, 2.05) is 13.0 Å². The molecule has 0 aliphatic carbocycles. The van der Waals surface area contributed by atoms with Crippen LogP contribution in [0.2, 0.25) is 0 Å². The topological polar surface area (TPSA) is 59.8 Å². The van der Waals surface area contributed by atoms with Crippen LogP contribution >= 0.6 is 15.9 Å². The van der Waals surface area contributed by atoms with E-state index in [2.05, 4.69) is 31.3 Å². The number of nitrogens with zero attached hydrogens (tertiary/aromatic N) is 3. The van der Waals surface area contributed by atoms with E-state index in [1.165, 1.54) is 0 Å². The van der Waals surface area contributed by atoms with Crippen molar-refractivity contribution in [1.29, 1.82) is 0 Å². The summed E-state index contributed by atoms with van der Waals surface area (Å²) in [5.41, 5.74) is 1.42. The largest absolute Gasteiger partial charge is 0.305 e. The number of amides is 1. The molecule has 0 saturated carbocycles. The molecule has 2 rings (SSSR count). The molecule has 2 aromatic rings. The number of rotatable bonds is 3. The van der Waals surface area contributed by atoms with E-state index in [0.29, 0.717) is 16.1 Å². The van der Waals surface area contributed by atoms with E-state index in [1.54, 1.807) is 29.9 Å². The van der Waals surface area contributed by atoms with Crippen LogP contribution in [0.5, 0.6) is 0 Å². The number of anilines is 1. The molecule has 2 aromatic heterocycles. The Morgan fingerprint density at radius 1 is 1.50 bits per heavy atom. The highest BCUT2D eigenvalue weighted by Gasteiger charge is 2.13. The van der Waals surface area contributed by atoms with Crippen LogP contribution in [0.15, 0.2) is 28.9 Å². The van der Waals surface area contributed by atoms with Crippen LogP contribution in [0.4, 0.5) is 5.82 Å². The number of aromatic nitrogens is 3. The van der Waals surface area contributed by atoms with Gasteiger partial charge in [-0.1, -0.05) is 13.0 Å². The zero-order valence-electron chi connectivity index (χ0n) is 10.1. The lowest BCUT2D eigenvalue weighted by molar-refractivity contribution is 0.101. The first-order chi connectivity index (χ1) is 8.60. The zero-order chi connectivity index (χ0) is 13.1. The van der Waals surface area contributed by atoms with E-state index in [0.717, 1.165) is 12.1 Å². The van der Waals surface area contributed by atoms with E-state index in [4.69, 9.17) is 0 Å². The van der Waals surface area contributed by atoms with Crippen LogP contribution in [0.1, 0.15) is 23.1 Å². The summed E-state index contributed by atoms with van der Waals surface area (Å²) in [4.78, 5) is 16.2. The fourth-order valence-corrected chi connectivity index (χ4v) is 1.91. The standard InChI is InChI=1S/C12H13BrN4O/c1-3-8-7-9(17(2)16-8)12(18)15-11-6-4-5-10(13)14-11/h4-7H,3H2,1-2H3,(H,14,15,18). The van der Waals surface area contributed by atoms with Gasteiger partial charge in [-0.3, -0.25) is 9.48 Å². The first-order valence-corrected chi connectivity index (χ1v) is 6.36. The minimum Gasteiger partial charge on any atom is -0.305 e. The fourth-order valence-electron chi connectivity index (χ4n) is 1.57. The molecule has 5 nitrogen and oxygen atoms in total. The summed E-state index contributed by atoms with van der Waals surface area (Å²) in [5, 5.41) is 6.97. The molecule has 0 bridgehead atoms. The molecule has 1 N–H and O–H groups in total. The Morgan fingerprint density at radius 2 is 2.28 bits per heavy atom. The Kier molecular flexibility index (Phi) is 3.76. The molecule has 0 aliphatic heterocycles. The van der Waals surface area contributed by atoms with Crippen molar-refractivity contribution >= 4 is 27.7 Å². The molecule has 94 valence electrons. The van der Waals surface area contributed by atoms with Gasteiger partial charge >= 0.3 is 0 Å². The van der Waals surface area contributed by atoms with Crippen molar-refractivity contribution in [2.45, 2.75) is 13.3 Å². The Hall–Kier alpha value is -1.69. The first kappa shape index (κ1) is 12.8. The highest BCUT2D eigenvalue weighted by atomic mass is 79.9. The van der Waals surface area contributed by atoms with Crippen molar-refractivity contribution in [2.24, 2.45) is 7.05 Å². The Morgan fingerprint density at radius 3 is 2.89 bits per heavy atom. The van der Waals surface area contributed by atoms with Crippen LogP contribution in [0.25, 0.3) is 0 Å². The smallest absolute Gasteiger partial charge is 0.275 e. The molecule has 0 aliphatic rings. The molecule has 6 heteroatoms. The van der Waals surface area contributed by atoms with Crippen molar-refractivity contribution < 1.29 is 4.79 Å². The third-order valence-corrected chi connectivity index (χ3v) is 2.92. The third kappa shape index (κ3) is 2.76. The lowest BCUT2D eigenvalue weighted by Gasteiger charge is -2.04. The van der Waals surface area contributed by atoms with Crippen LogP contribution in [0, 0.1) is 0 Å². The second kappa shape index (κ2) is 5.30. The van der Waals surface area contributed by atoms with Gasteiger partial charge in [-0.2, -0.15) is 5.10 Å². The van der Waals surface area contributed by atoms with Gasteiger partial charge in [0.1, 0.15) is 16.1 Å². The molecule has 0 saturated heterocycles. The van der Waals surface area contributed by atoms with Gasteiger partial charge in [0, 0.05) is 7.05 Å². The number of hydrogen-bond acceptors (Lipinski definition) is 3. The van der Waals surface area contributed by atoms with Gasteiger partial charge in [-0.05, 0) is 40.5 Å². The van der Waals surface area contributed by atoms with Gasteiger partial charge in [-0.25, -0.2) is 4.98 Å². The summed E-state index contributed by atoms with van der Waals surface area (Å²) in [5.74, 6) is 0.295. The Labute approximate surface area is 113 Å². The molecule has 2 heterocycles. The van der Waals surface area contributed by atoms with Gasteiger partial charge in [0.2, 0.25) is 0 Å². The van der Waals surface area contributed by atoms with Crippen LogP contribution in [0.3, 0.4) is 0 Å². The predicted molar refractivity (Wildman–Crippen MR) is 72.5 cm³/mol. The predicted octanol–water partition coefficient (Wildman–Crippen LogP) is 2.39. The number of hydrogen-bond donors (Lipinski definition) is 1. The molecule has 0 atom stereocenters. The van der Waals surface area contributed by atoms with Gasteiger partial charge in [-0.15, -0.1) is 0 Å². The van der Waals surface area contributed by atoms with Crippen molar-refractivity contribution in [3.8, 4) is 0 Å². The van der Waals surface area contributed by atoms with Crippen LogP contribution in [-0.2, 0) is 13.5 Å². The lowest BCUT2D eigenvalue weighted by atomic mass is 10.3. The SMILES string of the molecule is CCc1cc(C(=O)Nc2cccc(Br)n2)n(C)n1. The Balaban J connectivity index is 2.19. The minimum absolute atomic E-state index is 0.213. The average molecular weight is 309 g/mol. The van der Waals surface area contributed by atoms with Crippen molar-refractivity contribution in [3.05, 3.63) is 40.3 Å². The monoisotopic (exact) mass is 308 g/mol. The summed E-state index contributed by atoms with van der Waals surface area (Å²) in [6, 6.07) is 7.13. The lowest BCUT2D eigenvalue weighted by Crippen LogP contribution is -2.16. The van der Waals surface area contributed by atoms with Crippen molar-refractivity contribution in [1.82, 2.24) is 14.8 Å². The second-order valence-corrected chi connectivity index (χ2v) is 4.61. The number of pyridine rings is 1. The average Bonchev–Trinajstić information content (AvgIpc) is 2.70. The molecule has 0 radical (unpaired) electrons. The zero-order valence-corrected chi connectivity index (χ0v) is 11.7. The molecule has 0 aromatic carbocycles. The summed E-state index contributed by atoms with van der Waals surface area (Å²) in [6.45, 7) is 2.00. The summed E-state index contributed by atoms with van der Waals surface area (Å²) >= 11 is 3.26. The first-order valence-electron chi connectivity index (χ1n) is 5.57. The maximum Gasteiger partial charge on any atom is 0.275 e. The van der Waals surface area contributed by atoms with Gasteiger partial charge in [0.25, 0.3) is 5.91 Å². The number of aryl methyl sites for hydroxylation is 2. The number of carbonyl (C=O) groups excluding carboxylic acids is 1. The van der Waals surface area contributed by atoms with Crippen molar-refractivity contribution in [2.75, 3.05) is 5.32 Å².